The molecule has 1 saturated heterocycles. The molecule has 0 spiro atoms. The van der Waals surface area contributed by atoms with Crippen molar-refractivity contribution in [2.24, 2.45) is 0 Å². The molecule has 11 heteroatoms. The number of carbonyl (C=O) groups is 2. The van der Waals surface area contributed by atoms with Crippen molar-refractivity contribution in [3.8, 4) is 0 Å². The molecule has 0 aliphatic carbocycles. The second-order valence-corrected chi connectivity index (χ2v) is 20.7. The van der Waals surface area contributed by atoms with Crippen molar-refractivity contribution in [1.29, 1.82) is 0 Å². The zero-order chi connectivity index (χ0) is 54.7. The molecule has 8 atom stereocenters. The molecular formula is C64H111NO10. The van der Waals surface area contributed by atoms with Crippen molar-refractivity contribution >= 4 is 11.9 Å². The molecule has 6 N–H and O–H groups in total. The van der Waals surface area contributed by atoms with Gasteiger partial charge in [0.15, 0.2) is 12.4 Å². The lowest BCUT2D eigenvalue weighted by atomic mass is 9.99. The molecule has 0 saturated carbocycles. The molecule has 0 aromatic rings. The van der Waals surface area contributed by atoms with Gasteiger partial charge in [-0.05, 0) is 103 Å². The zero-order valence-corrected chi connectivity index (χ0v) is 47.6. The normalized spacial score (nSPS) is 19.8. The first-order valence-corrected chi connectivity index (χ1v) is 30.4. The highest BCUT2D eigenvalue weighted by Crippen LogP contribution is 2.26. The third-order valence-corrected chi connectivity index (χ3v) is 13.8. The number of nitrogens with one attached hydrogen (secondary N) is 1. The number of allylic oxidation sites excluding steroid dienone is 13. The van der Waals surface area contributed by atoms with Gasteiger partial charge >= 0.3 is 5.97 Å². The molecule has 0 bridgehead atoms. The second-order valence-electron chi connectivity index (χ2n) is 20.7. The quantitative estimate of drug-likeness (QED) is 0.0195. The molecule has 11 nitrogen and oxygen atoms in total. The summed E-state index contributed by atoms with van der Waals surface area (Å²) >= 11 is 0. The van der Waals surface area contributed by atoms with Gasteiger partial charge in [-0.25, -0.2) is 0 Å². The SMILES string of the molecule is CCCCC/C=C\C/C=C\C/C=C\C/C=C\CCCCCC(=O)OC1C(OCC(NC(=O)C(O)CCCCCCCC/C=C\C/C=C\CCCCC)C(O)/C=C/CCCCCCCCCCC)OC(CO)C(O)C1O. The van der Waals surface area contributed by atoms with E-state index < -0.39 is 67.4 Å². The Morgan fingerprint density at radius 3 is 1.40 bits per heavy atom. The number of unbranched alkanes of at least 4 members (excludes halogenated alkanes) is 24. The number of rotatable bonds is 50. The Labute approximate surface area is 457 Å². The summed E-state index contributed by atoms with van der Waals surface area (Å²) in [4.78, 5) is 26.5. The van der Waals surface area contributed by atoms with Gasteiger partial charge in [-0.3, -0.25) is 9.59 Å². The summed E-state index contributed by atoms with van der Waals surface area (Å²) in [5.74, 6) is -1.24. The van der Waals surface area contributed by atoms with Crippen molar-refractivity contribution in [3.05, 3.63) is 85.1 Å². The van der Waals surface area contributed by atoms with E-state index >= 15 is 0 Å². The van der Waals surface area contributed by atoms with Crippen molar-refractivity contribution in [1.82, 2.24) is 5.32 Å². The number of esters is 1. The molecule has 0 aromatic heterocycles. The summed E-state index contributed by atoms with van der Waals surface area (Å²) in [6.07, 6.45) is 56.1. The van der Waals surface area contributed by atoms with Gasteiger partial charge in [0, 0.05) is 6.42 Å². The van der Waals surface area contributed by atoms with E-state index in [1.165, 1.54) is 89.9 Å². The number of ether oxygens (including phenoxy) is 3. The highest BCUT2D eigenvalue weighted by atomic mass is 16.7. The summed E-state index contributed by atoms with van der Waals surface area (Å²) in [5.41, 5.74) is 0. The van der Waals surface area contributed by atoms with E-state index in [0.717, 1.165) is 109 Å². The van der Waals surface area contributed by atoms with Crippen molar-refractivity contribution in [2.75, 3.05) is 13.2 Å². The average molecular weight is 1050 g/mol. The minimum Gasteiger partial charge on any atom is -0.454 e. The van der Waals surface area contributed by atoms with Crippen LogP contribution < -0.4 is 5.32 Å². The van der Waals surface area contributed by atoms with Gasteiger partial charge in [0.25, 0.3) is 0 Å². The van der Waals surface area contributed by atoms with Gasteiger partial charge in [0.05, 0.1) is 25.4 Å². The van der Waals surface area contributed by atoms with Crippen LogP contribution in [-0.2, 0) is 23.8 Å². The van der Waals surface area contributed by atoms with Gasteiger partial charge in [0.1, 0.15) is 24.4 Å². The van der Waals surface area contributed by atoms with Crippen molar-refractivity contribution in [3.63, 3.8) is 0 Å². The number of aliphatic hydroxyl groups is 5. The fourth-order valence-electron chi connectivity index (χ4n) is 8.90. The molecule has 1 fully saturated rings. The standard InChI is InChI=1S/C64H111NO10/c1-4-7-10-13-16-19-22-24-26-28-29-30-32-34-37-40-43-46-49-52-59(69)75-62-61(71)60(70)58(53-66)74-64(62)73-54-55(56(67)50-47-44-41-38-35-21-18-15-12-9-6-3)65-63(72)57(68)51-48-45-42-39-36-33-31-27-25-23-20-17-14-11-8-5-2/h16-17,19-20,24-27,29-30,34,37,47,50,55-58,60-62,64,66-68,70-71H,4-15,18,21-23,28,31-33,35-36,38-46,48-49,51-54H2,1-3H3,(H,65,72)/b19-16-,20-17-,26-24-,27-25-,30-29-,37-34-,50-47+. The fourth-order valence-corrected chi connectivity index (χ4v) is 8.90. The molecule has 8 unspecified atom stereocenters. The molecule has 1 aliphatic rings. The molecule has 1 heterocycles. The third-order valence-electron chi connectivity index (χ3n) is 13.8. The Hall–Kier alpha value is -3.16. The van der Waals surface area contributed by atoms with Gasteiger partial charge in [-0.1, -0.05) is 221 Å². The first-order valence-electron chi connectivity index (χ1n) is 30.4. The van der Waals surface area contributed by atoms with E-state index in [1.54, 1.807) is 6.08 Å². The van der Waals surface area contributed by atoms with Crippen LogP contribution >= 0.6 is 0 Å². The molecule has 432 valence electrons. The van der Waals surface area contributed by atoms with Gasteiger partial charge in [-0.15, -0.1) is 0 Å². The first-order chi connectivity index (χ1) is 36.7. The Balaban J connectivity index is 2.72. The molecule has 75 heavy (non-hydrogen) atoms. The molecule has 0 aromatic carbocycles. The van der Waals surface area contributed by atoms with Crippen LogP contribution in [0.1, 0.15) is 245 Å². The maximum absolute atomic E-state index is 13.4. The van der Waals surface area contributed by atoms with Crippen LogP contribution in [0.25, 0.3) is 0 Å². The Kier molecular flexibility index (Phi) is 48.0. The monoisotopic (exact) mass is 1050 g/mol. The smallest absolute Gasteiger partial charge is 0.306 e. The highest BCUT2D eigenvalue weighted by molar-refractivity contribution is 5.80. The van der Waals surface area contributed by atoms with Gasteiger partial charge < -0.3 is 45.1 Å². The number of hydrogen-bond donors (Lipinski definition) is 6. The largest absolute Gasteiger partial charge is 0.454 e. The number of amides is 1. The lowest BCUT2D eigenvalue weighted by molar-refractivity contribution is -0.305. The van der Waals surface area contributed by atoms with E-state index in [9.17, 15) is 35.1 Å². The van der Waals surface area contributed by atoms with Gasteiger partial charge in [0.2, 0.25) is 5.91 Å². The summed E-state index contributed by atoms with van der Waals surface area (Å²) in [6.45, 7) is 5.69. The van der Waals surface area contributed by atoms with Crippen molar-refractivity contribution < 1.29 is 49.3 Å². The predicted octanol–water partition coefficient (Wildman–Crippen LogP) is 14.2. The fraction of sp³-hybridized carbons (Fsp3) is 0.750. The number of carbonyl (C=O) groups excluding carboxylic acids is 2. The maximum Gasteiger partial charge on any atom is 0.306 e. The minimum atomic E-state index is -1.63. The zero-order valence-electron chi connectivity index (χ0n) is 47.6. The third kappa shape index (κ3) is 39.8. The predicted molar refractivity (Wildman–Crippen MR) is 310 cm³/mol. The average Bonchev–Trinajstić information content (AvgIpc) is 3.41. The van der Waals surface area contributed by atoms with Crippen LogP contribution in [0.5, 0.6) is 0 Å². The van der Waals surface area contributed by atoms with E-state index in [-0.39, 0.29) is 19.4 Å². The molecular weight excluding hydrogens is 943 g/mol. The summed E-state index contributed by atoms with van der Waals surface area (Å²) < 4.78 is 17.6. The van der Waals surface area contributed by atoms with Gasteiger partial charge in [-0.2, -0.15) is 0 Å². The Morgan fingerprint density at radius 2 is 0.920 bits per heavy atom. The maximum atomic E-state index is 13.4. The van der Waals surface area contributed by atoms with Crippen LogP contribution in [0.4, 0.5) is 0 Å². The van der Waals surface area contributed by atoms with Crippen LogP contribution in [0.3, 0.4) is 0 Å². The lowest BCUT2D eigenvalue weighted by Gasteiger charge is -2.41. The highest BCUT2D eigenvalue weighted by Gasteiger charge is 2.47. The van der Waals surface area contributed by atoms with Crippen LogP contribution in [0.2, 0.25) is 0 Å². The summed E-state index contributed by atoms with van der Waals surface area (Å²) in [6, 6.07) is -1.04. The lowest BCUT2D eigenvalue weighted by Crippen LogP contribution is -2.61. The van der Waals surface area contributed by atoms with E-state index in [1.807, 2.05) is 6.08 Å². The second kappa shape index (κ2) is 51.6. The van der Waals surface area contributed by atoms with Crippen LogP contribution in [0, 0.1) is 0 Å². The Morgan fingerprint density at radius 1 is 0.520 bits per heavy atom. The van der Waals surface area contributed by atoms with Crippen molar-refractivity contribution in [2.45, 2.75) is 294 Å². The minimum absolute atomic E-state index is 0.0816. The van der Waals surface area contributed by atoms with E-state index in [2.05, 4.69) is 99.0 Å². The van der Waals surface area contributed by atoms with E-state index in [0.29, 0.717) is 12.8 Å². The van der Waals surface area contributed by atoms with E-state index in [4.69, 9.17) is 14.2 Å². The molecule has 1 rings (SSSR count). The Bertz CT molecular complexity index is 1540. The number of aliphatic hydroxyl groups excluding tert-OH is 5. The summed E-state index contributed by atoms with van der Waals surface area (Å²) in [5, 5.41) is 56.9. The molecule has 1 aliphatic heterocycles. The topological polar surface area (TPSA) is 175 Å². The van der Waals surface area contributed by atoms with Crippen LogP contribution in [-0.4, -0.2) is 99.6 Å². The molecule has 0 radical (unpaired) electrons. The first kappa shape index (κ1) is 69.9. The summed E-state index contributed by atoms with van der Waals surface area (Å²) in [7, 11) is 0. The molecule has 1 amide bonds. The van der Waals surface area contributed by atoms with Crippen LogP contribution in [0.15, 0.2) is 85.1 Å². The number of hydrogen-bond acceptors (Lipinski definition) is 10.